The number of nitrogens with two attached hydrogens (primary N) is 1. The molecule has 3 rings (SSSR count). The van der Waals surface area contributed by atoms with Crippen molar-refractivity contribution >= 4 is 5.91 Å². The molecule has 4 N–H and O–H groups in total. The highest BCUT2D eigenvalue weighted by molar-refractivity contribution is 5.77. The fourth-order valence-electron chi connectivity index (χ4n) is 3.64. The van der Waals surface area contributed by atoms with Crippen LogP contribution in [0.3, 0.4) is 0 Å². The Balaban J connectivity index is 1.64. The van der Waals surface area contributed by atoms with Crippen LogP contribution >= 0.6 is 0 Å². The monoisotopic (exact) mass is 322 g/mol. The van der Waals surface area contributed by atoms with E-state index in [1.807, 2.05) is 0 Å². The summed E-state index contributed by atoms with van der Waals surface area (Å²) in [6, 6.07) is 3.96. The van der Waals surface area contributed by atoms with Crippen LogP contribution in [0.25, 0.3) is 0 Å². The maximum atomic E-state index is 13.5. The highest BCUT2D eigenvalue weighted by Gasteiger charge is 2.39. The largest absolute Gasteiger partial charge is 0.508 e. The van der Waals surface area contributed by atoms with E-state index in [2.05, 4.69) is 0 Å². The van der Waals surface area contributed by atoms with Crippen molar-refractivity contribution in [3.05, 3.63) is 29.6 Å². The number of rotatable bonds is 3. The van der Waals surface area contributed by atoms with Crippen LogP contribution in [0, 0.1) is 11.7 Å². The van der Waals surface area contributed by atoms with Crippen molar-refractivity contribution in [2.45, 2.75) is 43.7 Å². The molecule has 4 unspecified atom stereocenters. The van der Waals surface area contributed by atoms with Gasteiger partial charge in [-0.1, -0.05) is 0 Å². The Morgan fingerprint density at radius 3 is 2.83 bits per heavy atom. The van der Waals surface area contributed by atoms with Crippen molar-refractivity contribution in [2.24, 2.45) is 11.7 Å². The molecule has 23 heavy (non-hydrogen) atoms. The fourth-order valence-corrected chi connectivity index (χ4v) is 3.64. The van der Waals surface area contributed by atoms with E-state index in [-0.39, 0.29) is 36.0 Å². The standard InChI is InChI=1S/C17H23FN2O3/c18-12-4-11(5-13(21)6-12)10-2-1-3-20(9-10)17(23)7-14-15(19)8-16(14)22/h4-6,10,14-16,21-22H,1-3,7-9,19H2. The number of benzene rings is 1. The van der Waals surface area contributed by atoms with Crippen molar-refractivity contribution in [2.75, 3.05) is 13.1 Å². The van der Waals surface area contributed by atoms with Crippen molar-refractivity contribution in [3.8, 4) is 5.75 Å². The molecule has 1 aromatic rings. The zero-order valence-corrected chi connectivity index (χ0v) is 13.0. The van der Waals surface area contributed by atoms with Crippen LogP contribution in [0.1, 0.15) is 37.2 Å². The molecule has 0 bridgehead atoms. The second-order valence-electron chi connectivity index (χ2n) is 6.76. The normalized spacial score (nSPS) is 30.8. The molecule has 0 radical (unpaired) electrons. The van der Waals surface area contributed by atoms with Crippen LogP contribution in [0.5, 0.6) is 5.75 Å². The first-order chi connectivity index (χ1) is 10.9. The van der Waals surface area contributed by atoms with Crippen molar-refractivity contribution in [3.63, 3.8) is 0 Å². The molecule has 6 heteroatoms. The molecule has 2 fully saturated rings. The Kier molecular flexibility index (Phi) is 4.55. The molecule has 1 saturated heterocycles. The molecule has 4 atom stereocenters. The summed E-state index contributed by atoms with van der Waals surface area (Å²) in [5.41, 5.74) is 6.57. The SMILES string of the molecule is NC1CC(O)C1CC(=O)N1CCCC(c2cc(O)cc(F)c2)C1. The Morgan fingerprint density at radius 1 is 1.39 bits per heavy atom. The first-order valence-electron chi connectivity index (χ1n) is 8.15. The van der Waals surface area contributed by atoms with Gasteiger partial charge in [0.15, 0.2) is 0 Å². The predicted molar refractivity (Wildman–Crippen MR) is 83.3 cm³/mol. The topological polar surface area (TPSA) is 86.8 Å². The van der Waals surface area contributed by atoms with E-state index in [4.69, 9.17) is 5.73 Å². The molecule has 0 spiro atoms. The summed E-state index contributed by atoms with van der Waals surface area (Å²) in [6.45, 7) is 1.19. The highest BCUT2D eigenvalue weighted by Crippen LogP contribution is 2.33. The van der Waals surface area contributed by atoms with Crippen LogP contribution in [-0.2, 0) is 4.79 Å². The van der Waals surface area contributed by atoms with E-state index in [0.717, 1.165) is 24.5 Å². The summed E-state index contributed by atoms with van der Waals surface area (Å²) < 4.78 is 13.5. The number of hydrogen-bond donors (Lipinski definition) is 3. The van der Waals surface area contributed by atoms with E-state index >= 15 is 0 Å². The van der Waals surface area contributed by atoms with Gasteiger partial charge in [-0.25, -0.2) is 4.39 Å². The van der Waals surface area contributed by atoms with Gasteiger partial charge in [-0.2, -0.15) is 0 Å². The molecular weight excluding hydrogens is 299 g/mol. The Bertz CT molecular complexity index is 567. The molecule has 0 aromatic heterocycles. The Labute approximate surface area is 134 Å². The number of aliphatic hydroxyl groups excluding tert-OH is 1. The van der Waals surface area contributed by atoms with Crippen LogP contribution in [0.2, 0.25) is 0 Å². The van der Waals surface area contributed by atoms with Crippen LogP contribution in [0.4, 0.5) is 4.39 Å². The van der Waals surface area contributed by atoms with Gasteiger partial charge in [-0.05, 0) is 37.0 Å². The second kappa shape index (κ2) is 6.45. The minimum Gasteiger partial charge on any atom is -0.508 e. The quantitative estimate of drug-likeness (QED) is 0.784. The number of hydrogen-bond acceptors (Lipinski definition) is 4. The van der Waals surface area contributed by atoms with Crippen molar-refractivity contribution in [1.82, 2.24) is 4.90 Å². The van der Waals surface area contributed by atoms with E-state index in [0.29, 0.717) is 19.5 Å². The van der Waals surface area contributed by atoms with Gasteiger partial charge in [-0.15, -0.1) is 0 Å². The summed E-state index contributed by atoms with van der Waals surface area (Å²) in [4.78, 5) is 14.2. The molecule has 1 saturated carbocycles. The number of likely N-dealkylation sites (tertiary alicyclic amines) is 1. The van der Waals surface area contributed by atoms with Gasteiger partial charge >= 0.3 is 0 Å². The number of phenols is 1. The zero-order valence-electron chi connectivity index (χ0n) is 13.0. The first-order valence-corrected chi connectivity index (χ1v) is 8.15. The lowest BCUT2D eigenvalue weighted by Crippen LogP contribution is -2.53. The molecule has 5 nitrogen and oxygen atoms in total. The third-order valence-electron chi connectivity index (χ3n) is 5.12. The molecule has 1 heterocycles. The van der Waals surface area contributed by atoms with E-state index in [9.17, 15) is 19.4 Å². The lowest BCUT2D eigenvalue weighted by atomic mass is 9.75. The molecular formula is C17H23FN2O3. The highest BCUT2D eigenvalue weighted by atomic mass is 19.1. The number of aromatic hydroxyl groups is 1. The number of piperidine rings is 1. The molecule has 1 amide bonds. The third kappa shape index (κ3) is 3.48. The number of amides is 1. The van der Waals surface area contributed by atoms with Gasteiger partial charge in [0.1, 0.15) is 11.6 Å². The number of aliphatic hydroxyl groups is 1. The molecule has 1 aliphatic carbocycles. The van der Waals surface area contributed by atoms with Crippen LogP contribution in [-0.4, -0.2) is 46.3 Å². The van der Waals surface area contributed by atoms with Gasteiger partial charge in [0.05, 0.1) is 6.10 Å². The van der Waals surface area contributed by atoms with Crippen LogP contribution < -0.4 is 5.73 Å². The Morgan fingerprint density at radius 2 is 2.17 bits per heavy atom. The van der Waals surface area contributed by atoms with E-state index in [1.54, 1.807) is 11.0 Å². The smallest absolute Gasteiger partial charge is 0.223 e. The lowest BCUT2D eigenvalue weighted by Gasteiger charge is -2.41. The summed E-state index contributed by atoms with van der Waals surface area (Å²) in [6.07, 6.45) is 2.05. The minimum atomic E-state index is -0.477. The number of phenolic OH excluding ortho intramolecular Hbond substituents is 1. The lowest BCUT2D eigenvalue weighted by molar-refractivity contribution is -0.136. The summed E-state index contributed by atoms with van der Waals surface area (Å²) >= 11 is 0. The van der Waals surface area contributed by atoms with Crippen molar-refractivity contribution < 1.29 is 19.4 Å². The predicted octanol–water partition coefficient (Wildman–Crippen LogP) is 1.34. The number of halogens is 1. The minimum absolute atomic E-state index is 0.00507. The van der Waals surface area contributed by atoms with Gasteiger partial charge in [0.25, 0.3) is 0 Å². The zero-order chi connectivity index (χ0) is 16.6. The maximum Gasteiger partial charge on any atom is 0.223 e. The number of nitrogens with zero attached hydrogens (tertiary/aromatic N) is 1. The third-order valence-corrected chi connectivity index (χ3v) is 5.12. The second-order valence-corrected chi connectivity index (χ2v) is 6.76. The molecule has 2 aliphatic rings. The number of carbonyl (C=O) groups excluding carboxylic acids is 1. The van der Waals surface area contributed by atoms with Crippen LogP contribution in [0.15, 0.2) is 18.2 Å². The van der Waals surface area contributed by atoms with E-state index < -0.39 is 11.9 Å². The van der Waals surface area contributed by atoms with Gasteiger partial charge < -0.3 is 20.8 Å². The fraction of sp³-hybridized carbons (Fsp3) is 0.588. The van der Waals surface area contributed by atoms with E-state index in [1.165, 1.54) is 6.07 Å². The van der Waals surface area contributed by atoms with Gasteiger partial charge in [-0.3, -0.25) is 4.79 Å². The summed E-state index contributed by atoms with van der Waals surface area (Å²) in [7, 11) is 0. The summed E-state index contributed by atoms with van der Waals surface area (Å²) in [5, 5.41) is 19.3. The van der Waals surface area contributed by atoms with Gasteiger partial charge in [0.2, 0.25) is 5.91 Å². The maximum absolute atomic E-state index is 13.5. The molecule has 1 aliphatic heterocycles. The average molecular weight is 322 g/mol. The van der Waals surface area contributed by atoms with Crippen molar-refractivity contribution in [1.29, 1.82) is 0 Å². The Hall–Kier alpha value is -1.66. The average Bonchev–Trinajstić information content (AvgIpc) is 2.52. The molecule has 126 valence electrons. The van der Waals surface area contributed by atoms with Gasteiger partial charge in [0, 0.05) is 43.5 Å². The molecule has 1 aromatic carbocycles. The first kappa shape index (κ1) is 16.2. The summed E-state index contributed by atoms with van der Waals surface area (Å²) in [5.74, 6) is -0.691. The number of carbonyl (C=O) groups is 1.